The van der Waals surface area contributed by atoms with E-state index in [0.717, 1.165) is 0 Å². The smallest absolute Gasteiger partial charge is 0.324 e. The molecular weight excluding hydrogens is 115 g/mol. The third-order valence-electron chi connectivity index (χ3n) is 0.449. The minimum atomic E-state index is -3.73. The van der Waals surface area contributed by atoms with Gasteiger partial charge in [-0.25, -0.2) is 0 Å². The molecule has 0 rings (SSSR count). The lowest BCUT2D eigenvalue weighted by atomic mass is 10.6. The van der Waals surface area contributed by atoms with Crippen molar-refractivity contribution < 1.29 is 14.4 Å². The molecule has 0 aliphatic carbocycles. The molecule has 0 spiro atoms. The van der Waals surface area contributed by atoms with Gasteiger partial charge in [0.1, 0.15) is 0 Å². The van der Waals surface area contributed by atoms with E-state index in [1.165, 1.54) is 0 Å². The molecule has 1 radical (unpaired) electrons. The lowest BCUT2D eigenvalue weighted by molar-refractivity contribution is 0.373. The lowest BCUT2D eigenvalue weighted by Crippen LogP contribution is -1.82. The summed E-state index contributed by atoms with van der Waals surface area (Å²) in [5.41, 5.74) is 0. The fourth-order valence-electron chi connectivity index (χ4n) is 0.206. The Morgan fingerprint density at radius 3 is 2.00 bits per heavy atom. The van der Waals surface area contributed by atoms with Gasteiger partial charge in [-0.15, -0.1) is 0 Å². The highest BCUT2D eigenvalue weighted by molar-refractivity contribution is 7.51. The van der Waals surface area contributed by atoms with E-state index in [9.17, 15) is 4.57 Å². The highest BCUT2D eigenvalue weighted by Crippen LogP contribution is 2.34. The Morgan fingerprint density at radius 2 is 2.00 bits per heavy atom. The molecule has 3 nitrogen and oxygen atoms in total. The second-order valence-electron chi connectivity index (χ2n) is 1.24. The fourth-order valence-corrected chi connectivity index (χ4v) is 0.618. The fraction of sp³-hybridized carbons (Fsp3) is 0.667. The summed E-state index contributed by atoms with van der Waals surface area (Å²) in [5, 5.41) is 0. The van der Waals surface area contributed by atoms with Crippen molar-refractivity contribution in [3.05, 3.63) is 6.92 Å². The third-order valence-corrected chi connectivity index (χ3v) is 1.35. The first-order valence-electron chi connectivity index (χ1n) is 1.90. The van der Waals surface area contributed by atoms with Gasteiger partial charge in [0.05, 0.1) is 0 Å². The van der Waals surface area contributed by atoms with E-state index in [4.69, 9.17) is 9.79 Å². The Balaban J connectivity index is 3.36. The molecule has 0 aliphatic rings. The molecule has 0 fully saturated rings. The maximum Gasteiger partial charge on any atom is 0.325 e. The zero-order chi connectivity index (χ0) is 5.91. The second-order valence-corrected chi connectivity index (χ2v) is 3.02. The van der Waals surface area contributed by atoms with Crippen molar-refractivity contribution in [2.24, 2.45) is 0 Å². The molecule has 0 bridgehead atoms. The van der Waals surface area contributed by atoms with Gasteiger partial charge in [-0.05, 0) is 6.42 Å². The van der Waals surface area contributed by atoms with Crippen molar-refractivity contribution in [1.29, 1.82) is 0 Å². The summed E-state index contributed by atoms with van der Waals surface area (Å²) in [4.78, 5) is 16.2. The topological polar surface area (TPSA) is 57.5 Å². The third kappa shape index (κ3) is 6.15. The van der Waals surface area contributed by atoms with Crippen LogP contribution in [-0.4, -0.2) is 15.9 Å². The summed E-state index contributed by atoms with van der Waals surface area (Å²) in [5.74, 6) is 0. The average Bonchev–Trinajstić information content (AvgIpc) is 1.30. The molecule has 0 saturated carbocycles. The van der Waals surface area contributed by atoms with E-state index in [1.807, 2.05) is 0 Å². The zero-order valence-electron chi connectivity index (χ0n) is 3.87. The molecule has 4 heteroatoms. The molecule has 0 aromatic carbocycles. The highest BCUT2D eigenvalue weighted by atomic mass is 31.2. The van der Waals surface area contributed by atoms with Gasteiger partial charge in [-0.2, -0.15) is 0 Å². The Kier molecular flexibility index (Phi) is 2.51. The summed E-state index contributed by atoms with van der Waals surface area (Å²) in [6.07, 6.45) is 0.192. The maximum absolute atomic E-state index is 9.89. The predicted octanol–water partition coefficient (Wildman–Crippen LogP) is 0.388. The largest absolute Gasteiger partial charge is 0.325 e. The molecule has 0 atom stereocenters. The first-order valence-corrected chi connectivity index (χ1v) is 3.70. The average molecular weight is 123 g/mol. The predicted molar refractivity (Wildman–Crippen MR) is 26.9 cm³/mol. The molecule has 0 saturated heterocycles. The van der Waals surface area contributed by atoms with Crippen molar-refractivity contribution >= 4 is 7.60 Å². The Bertz CT molecular complexity index is 84.2. The highest BCUT2D eigenvalue weighted by Gasteiger charge is 2.08. The molecular formula is C3H8O3P. The standard InChI is InChI=1S/C3H8O3P/c1-2-3-7(4,5)6/h1-3H2,(H2,4,5,6). The van der Waals surface area contributed by atoms with Gasteiger partial charge in [-0.1, -0.05) is 6.92 Å². The molecule has 7 heavy (non-hydrogen) atoms. The summed E-state index contributed by atoms with van der Waals surface area (Å²) in [6.45, 7) is 3.28. The summed E-state index contributed by atoms with van der Waals surface area (Å²) < 4.78 is 9.89. The minimum absolute atomic E-state index is 0.104. The van der Waals surface area contributed by atoms with Crippen LogP contribution in [0.4, 0.5) is 0 Å². The molecule has 0 heterocycles. The van der Waals surface area contributed by atoms with Crippen molar-refractivity contribution in [2.75, 3.05) is 6.16 Å². The Labute approximate surface area is 42.5 Å². The molecule has 43 valence electrons. The quantitative estimate of drug-likeness (QED) is 0.522. The van der Waals surface area contributed by atoms with Gasteiger partial charge >= 0.3 is 7.60 Å². The van der Waals surface area contributed by atoms with Gasteiger partial charge in [0.15, 0.2) is 0 Å². The number of hydrogen-bond acceptors (Lipinski definition) is 1. The molecule has 0 aromatic rings. The van der Waals surface area contributed by atoms with Crippen LogP contribution < -0.4 is 0 Å². The van der Waals surface area contributed by atoms with Crippen LogP contribution in [0, 0.1) is 6.92 Å². The van der Waals surface area contributed by atoms with E-state index in [-0.39, 0.29) is 6.16 Å². The van der Waals surface area contributed by atoms with Crippen LogP contribution in [0.25, 0.3) is 0 Å². The van der Waals surface area contributed by atoms with Crippen molar-refractivity contribution in [1.82, 2.24) is 0 Å². The van der Waals surface area contributed by atoms with Gasteiger partial charge in [-0.3, -0.25) is 4.57 Å². The second kappa shape index (κ2) is 2.46. The Hall–Kier alpha value is 0.150. The Morgan fingerprint density at radius 1 is 1.57 bits per heavy atom. The van der Waals surface area contributed by atoms with E-state index in [1.54, 1.807) is 0 Å². The van der Waals surface area contributed by atoms with Crippen LogP contribution in [0.15, 0.2) is 0 Å². The molecule has 0 amide bonds. The first-order chi connectivity index (χ1) is 3.06. The minimum Gasteiger partial charge on any atom is -0.324 e. The summed E-state index contributed by atoms with van der Waals surface area (Å²) in [7, 11) is -3.73. The van der Waals surface area contributed by atoms with Crippen molar-refractivity contribution in [3.63, 3.8) is 0 Å². The zero-order valence-corrected chi connectivity index (χ0v) is 4.77. The maximum atomic E-state index is 9.89. The van der Waals surface area contributed by atoms with Crippen LogP contribution in [0.5, 0.6) is 0 Å². The SMILES string of the molecule is [CH2]CCP(=O)(O)O. The number of rotatable bonds is 2. The molecule has 2 N–H and O–H groups in total. The number of hydrogen-bond donors (Lipinski definition) is 2. The van der Waals surface area contributed by atoms with Gasteiger partial charge < -0.3 is 9.79 Å². The van der Waals surface area contributed by atoms with E-state index in [2.05, 4.69) is 6.92 Å². The van der Waals surface area contributed by atoms with Crippen LogP contribution in [0.1, 0.15) is 6.42 Å². The van der Waals surface area contributed by atoms with Crippen molar-refractivity contribution in [2.45, 2.75) is 6.42 Å². The van der Waals surface area contributed by atoms with E-state index >= 15 is 0 Å². The monoisotopic (exact) mass is 123 g/mol. The van der Waals surface area contributed by atoms with Crippen LogP contribution in [0.3, 0.4) is 0 Å². The first kappa shape index (κ1) is 7.15. The molecule has 0 aliphatic heterocycles. The van der Waals surface area contributed by atoms with E-state index < -0.39 is 7.60 Å². The van der Waals surface area contributed by atoms with Crippen LogP contribution in [0.2, 0.25) is 0 Å². The van der Waals surface area contributed by atoms with E-state index in [0.29, 0.717) is 6.42 Å². The van der Waals surface area contributed by atoms with Crippen LogP contribution >= 0.6 is 7.60 Å². The van der Waals surface area contributed by atoms with Gasteiger partial charge in [0, 0.05) is 6.16 Å². The van der Waals surface area contributed by atoms with Gasteiger partial charge in [0.25, 0.3) is 0 Å². The lowest BCUT2D eigenvalue weighted by Gasteiger charge is -1.96. The van der Waals surface area contributed by atoms with Crippen molar-refractivity contribution in [3.8, 4) is 0 Å². The summed E-state index contributed by atoms with van der Waals surface area (Å²) >= 11 is 0. The molecule has 0 unspecified atom stereocenters. The van der Waals surface area contributed by atoms with Crippen LogP contribution in [-0.2, 0) is 4.57 Å². The van der Waals surface area contributed by atoms with Gasteiger partial charge in [0.2, 0.25) is 0 Å². The molecule has 0 aromatic heterocycles. The summed E-state index contributed by atoms with van der Waals surface area (Å²) in [6, 6.07) is 0. The normalized spacial score (nSPS) is 11.9.